The van der Waals surface area contributed by atoms with E-state index in [0.29, 0.717) is 0 Å². The molecule has 0 aromatic heterocycles. The van der Waals surface area contributed by atoms with Crippen molar-refractivity contribution < 1.29 is 0 Å². The van der Waals surface area contributed by atoms with Crippen molar-refractivity contribution in [3.05, 3.63) is 35.2 Å². The Labute approximate surface area is 75.1 Å². The Balaban J connectivity index is 3.05. The summed E-state index contributed by atoms with van der Waals surface area (Å²) in [5.74, 6) is 0. The van der Waals surface area contributed by atoms with Crippen molar-refractivity contribution in [2.45, 2.75) is 27.2 Å². The van der Waals surface area contributed by atoms with E-state index in [4.69, 9.17) is 0 Å². The molecule has 0 spiro atoms. The molecule has 0 saturated heterocycles. The van der Waals surface area contributed by atoms with Crippen LogP contribution in [-0.4, -0.2) is 11.9 Å². The molecule has 1 heteroatoms. The second kappa shape index (κ2) is 3.61. The summed E-state index contributed by atoms with van der Waals surface area (Å²) in [4.78, 5) is 2.10. The Bertz CT molecular complexity index is 256. The van der Waals surface area contributed by atoms with Crippen LogP contribution in [0.3, 0.4) is 0 Å². The second-order valence-corrected chi connectivity index (χ2v) is 3.30. The summed E-state index contributed by atoms with van der Waals surface area (Å²) in [5, 5.41) is 0. The molecule has 0 aliphatic carbocycles. The zero-order chi connectivity index (χ0) is 9.14. The van der Waals surface area contributed by atoms with Crippen LogP contribution in [0.15, 0.2) is 35.2 Å². The third-order valence-electron chi connectivity index (χ3n) is 2.36. The molecule has 1 nitrogen and oxygen atoms in total. The first-order valence-corrected chi connectivity index (χ1v) is 4.43. The van der Waals surface area contributed by atoms with Gasteiger partial charge >= 0.3 is 0 Å². The van der Waals surface area contributed by atoms with Gasteiger partial charge in [0.15, 0.2) is 0 Å². The van der Waals surface area contributed by atoms with Gasteiger partial charge in [0.05, 0.1) is 0 Å². The summed E-state index contributed by atoms with van der Waals surface area (Å²) in [5.41, 5.74) is 4.21. The Kier molecular flexibility index (Phi) is 2.74. The van der Waals surface area contributed by atoms with E-state index in [1.54, 1.807) is 0 Å². The average molecular weight is 163 g/mol. The molecule has 0 unspecified atom stereocenters. The molecule has 1 heterocycles. The van der Waals surface area contributed by atoms with Crippen LogP contribution in [0.5, 0.6) is 0 Å². The number of rotatable bonds is 1. The highest BCUT2D eigenvalue weighted by atomic mass is 15.0. The van der Waals surface area contributed by atoms with E-state index in [9.17, 15) is 0 Å². The maximum atomic E-state index is 2.20. The fraction of sp³-hybridized carbons (Fsp3) is 0.455. The smallest absolute Gasteiger partial charge is 0.0106 e. The topological polar surface area (TPSA) is 3.24 Å². The highest BCUT2D eigenvalue weighted by Crippen LogP contribution is 2.20. The third kappa shape index (κ3) is 1.79. The fourth-order valence-corrected chi connectivity index (χ4v) is 1.41. The van der Waals surface area contributed by atoms with Gasteiger partial charge in [0.1, 0.15) is 0 Å². The van der Waals surface area contributed by atoms with Crippen LogP contribution in [0.1, 0.15) is 27.2 Å². The zero-order valence-corrected chi connectivity index (χ0v) is 8.39. The molecule has 0 saturated carbocycles. The third-order valence-corrected chi connectivity index (χ3v) is 2.36. The van der Waals surface area contributed by atoms with Crippen LogP contribution in [-0.2, 0) is 0 Å². The highest BCUT2D eigenvalue weighted by Gasteiger charge is 2.03. The van der Waals surface area contributed by atoms with E-state index >= 15 is 0 Å². The van der Waals surface area contributed by atoms with Gasteiger partial charge in [-0.25, -0.2) is 0 Å². The Morgan fingerprint density at radius 1 is 1.33 bits per heavy atom. The van der Waals surface area contributed by atoms with Crippen LogP contribution in [0.25, 0.3) is 0 Å². The van der Waals surface area contributed by atoms with Gasteiger partial charge in [0.25, 0.3) is 0 Å². The van der Waals surface area contributed by atoms with E-state index in [1.807, 2.05) is 0 Å². The van der Waals surface area contributed by atoms with Crippen molar-refractivity contribution in [3.63, 3.8) is 0 Å². The van der Waals surface area contributed by atoms with Gasteiger partial charge in [0.2, 0.25) is 0 Å². The monoisotopic (exact) mass is 163 g/mol. The van der Waals surface area contributed by atoms with E-state index in [0.717, 1.165) is 6.42 Å². The predicted molar refractivity (Wildman–Crippen MR) is 53.7 cm³/mol. The van der Waals surface area contributed by atoms with E-state index in [-0.39, 0.29) is 0 Å². The van der Waals surface area contributed by atoms with Gasteiger partial charge in [0, 0.05) is 19.4 Å². The standard InChI is InChI=1S/C11H17N/c1-5-11-6-7-12(4)8-9(2)10(11)3/h6-8H,5H2,1-4H3. The minimum atomic E-state index is 1.11. The Morgan fingerprint density at radius 3 is 2.58 bits per heavy atom. The van der Waals surface area contributed by atoms with Crippen molar-refractivity contribution in [2.75, 3.05) is 7.05 Å². The van der Waals surface area contributed by atoms with Gasteiger partial charge in [-0.1, -0.05) is 6.92 Å². The van der Waals surface area contributed by atoms with E-state index in [2.05, 4.69) is 51.2 Å². The van der Waals surface area contributed by atoms with Crippen LogP contribution < -0.4 is 0 Å². The van der Waals surface area contributed by atoms with Crippen LogP contribution in [0.2, 0.25) is 0 Å². The van der Waals surface area contributed by atoms with Gasteiger partial charge in [-0.2, -0.15) is 0 Å². The van der Waals surface area contributed by atoms with Crippen LogP contribution >= 0.6 is 0 Å². The average Bonchev–Trinajstić information content (AvgIpc) is 2.14. The molecule has 0 atom stereocenters. The highest BCUT2D eigenvalue weighted by molar-refractivity contribution is 5.39. The minimum Gasteiger partial charge on any atom is -0.357 e. The molecule has 0 radical (unpaired) electrons. The van der Waals surface area contributed by atoms with E-state index in [1.165, 1.54) is 16.7 Å². The number of allylic oxidation sites excluding steroid dienone is 4. The Morgan fingerprint density at radius 2 is 2.00 bits per heavy atom. The predicted octanol–water partition coefficient (Wildman–Crippen LogP) is 3.08. The lowest BCUT2D eigenvalue weighted by molar-refractivity contribution is 0.622. The first-order chi connectivity index (χ1) is 5.65. The molecule has 1 aliphatic heterocycles. The molecule has 0 bridgehead atoms. The normalized spacial score (nSPS) is 18.0. The van der Waals surface area contributed by atoms with Crippen molar-refractivity contribution in [1.82, 2.24) is 4.90 Å². The molecule has 0 aromatic rings. The van der Waals surface area contributed by atoms with Gasteiger partial charge < -0.3 is 4.90 Å². The summed E-state index contributed by atoms with van der Waals surface area (Å²) < 4.78 is 0. The number of hydrogen-bond acceptors (Lipinski definition) is 1. The van der Waals surface area contributed by atoms with Gasteiger partial charge in [-0.15, -0.1) is 0 Å². The SMILES string of the molecule is CCC1=C(C)C(C)=CN(C)C=C1. The van der Waals surface area contributed by atoms with Crippen molar-refractivity contribution in [1.29, 1.82) is 0 Å². The summed E-state index contributed by atoms with van der Waals surface area (Å²) in [7, 11) is 2.06. The summed E-state index contributed by atoms with van der Waals surface area (Å²) in [6, 6.07) is 0. The lowest BCUT2D eigenvalue weighted by Gasteiger charge is -2.07. The molecule has 0 aromatic carbocycles. The zero-order valence-electron chi connectivity index (χ0n) is 8.39. The maximum absolute atomic E-state index is 2.20. The quantitative estimate of drug-likeness (QED) is 0.574. The molecule has 1 aliphatic rings. The molecule has 1 rings (SSSR count). The maximum Gasteiger partial charge on any atom is 0.0106 e. The summed E-state index contributed by atoms with van der Waals surface area (Å²) in [6.45, 7) is 6.55. The van der Waals surface area contributed by atoms with E-state index < -0.39 is 0 Å². The summed E-state index contributed by atoms with van der Waals surface area (Å²) >= 11 is 0. The number of hydrogen-bond donors (Lipinski definition) is 0. The molecule has 0 N–H and O–H groups in total. The largest absolute Gasteiger partial charge is 0.357 e. The second-order valence-electron chi connectivity index (χ2n) is 3.30. The van der Waals surface area contributed by atoms with Gasteiger partial charge in [-0.3, -0.25) is 0 Å². The van der Waals surface area contributed by atoms with Crippen LogP contribution in [0, 0.1) is 0 Å². The summed E-state index contributed by atoms with van der Waals surface area (Å²) in [6.07, 6.45) is 7.58. The number of nitrogens with zero attached hydrogens (tertiary/aromatic N) is 1. The van der Waals surface area contributed by atoms with Crippen molar-refractivity contribution >= 4 is 0 Å². The minimum absolute atomic E-state index is 1.11. The molecular formula is C11H17N. The lowest BCUT2D eigenvalue weighted by Crippen LogP contribution is -1.99. The molecule has 12 heavy (non-hydrogen) atoms. The van der Waals surface area contributed by atoms with Crippen molar-refractivity contribution in [2.24, 2.45) is 0 Å². The molecule has 0 fully saturated rings. The molecule has 0 amide bonds. The Hall–Kier alpha value is -0.980. The van der Waals surface area contributed by atoms with Crippen molar-refractivity contribution in [3.8, 4) is 0 Å². The molecule has 66 valence electrons. The molecular weight excluding hydrogens is 146 g/mol. The van der Waals surface area contributed by atoms with Crippen LogP contribution in [0.4, 0.5) is 0 Å². The van der Waals surface area contributed by atoms with Gasteiger partial charge in [-0.05, 0) is 43.1 Å². The first kappa shape index (κ1) is 9.11. The fourth-order valence-electron chi connectivity index (χ4n) is 1.41. The lowest BCUT2D eigenvalue weighted by atomic mass is 10.0. The first-order valence-electron chi connectivity index (χ1n) is 4.43.